The molecule has 3 heterocycles. The van der Waals surface area contributed by atoms with E-state index >= 15 is 0 Å². The van der Waals surface area contributed by atoms with Crippen molar-refractivity contribution in [2.24, 2.45) is 14.1 Å². The summed E-state index contributed by atoms with van der Waals surface area (Å²) in [6, 6.07) is 20.8. The first-order valence-electron chi connectivity index (χ1n) is 11.8. The molecule has 2 N–H and O–H groups in total. The first kappa shape index (κ1) is 22.0. The first-order valence-corrected chi connectivity index (χ1v) is 11.8. The van der Waals surface area contributed by atoms with Crippen LogP contribution in [0.3, 0.4) is 0 Å². The van der Waals surface area contributed by atoms with Gasteiger partial charge in [0.2, 0.25) is 0 Å². The zero-order chi connectivity index (χ0) is 25.3. The number of rotatable bonds is 2. The lowest BCUT2D eigenvalue weighted by atomic mass is 9.98. The molecule has 3 aromatic carbocycles. The van der Waals surface area contributed by atoms with Crippen molar-refractivity contribution in [2.75, 3.05) is 5.32 Å². The Labute approximate surface area is 207 Å². The Morgan fingerprint density at radius 3 is 2.22 bits per heavy atom. The molecule has 0 unspecified atom stereocenters. The molecule has 0 spiro atoms. The summed E-state index contributed by atoms with van der Waals surface area (Å²) in [6.45, 7) is 4.15. The van der Waals surface area contributed by atoms with Crippen molar-refractivity contribution in [3.63, 3.8) is 0 Å². The minimum atomic E-state index is -0.379. The minimum absolute atomic E-state index is 0.174. The molecule has 0 saturated carbocycles. The van der Waals surface area contributed by atoms with E-state index in [9.17, 15) is 14.7 Å². The zero-order valence-corrected chi connectivity index (χ0v) is 20.5. The summed E-state index contributed by atoms with van der Waals surface area (Å²) in [5, 5.41) is 14.1. The van der Waals surface area contributed by atoms with Gasteiger partial charge in [-0.25, -0.2) is 4.79 Å². The Balaban J connectivity index is 1.87. The van der Waals surface area contributed by atoms with Gasteiger partial charge < -0.3 is 15.0 Å². The molecule has 36 heavy (non-hydrogen) atoms. The van der Waals surface area contributed by atoms with E-state index in [1.807, 2.05) is 42.5 Å². The number of nitrogens with one attached hydrogen (secondary N) is 1. The van der Waals surface area contributed by atoms with Crippen LogP contribution in [0.15, 0.2) is 76.3 Å². The van der Waals surface area contributed by atoms with Crippen LogP contribution < -0.4 is 16.6 Å². The van der Waals surface area contributed by atoms with Crippen LogP contribution in [-0.2, 0) is 14.1 Å². The zero-order valence-electron chi connectivity index (χ0n) is 20.5. The standard InChI is InChI=1S/C29H26N4O3/c1-16-14-21-22(15-17(16)2)33-25(19-8-6-5-7-9-19)23-26(31(3)29(36)32(4)28(23)35)27(33)24(30-21)18-10-12-20(34)13-11-18/h5-15,24,30,34H,1-4H3/t24-/m1/s1. The highest BCUT2D eigenvalue weighted by Gasteiger charge is 2.35. The highest BCUT2D eigenvalue weighted by Crippen LogP contribution is 2.46. The molecule has 2 aromatic heterocycles. The molecule has 180 valence electrons. The van der Waals surface area contributed by atoms with Gasteiger partial charge in [-0.2, -0.15) is 0 Å². The molecule has 1 atom stereocenters. The third-order valence-corrected chi connectivity index (χ3v) is 7.31. The van der Waals surface area contributed by atoms with Gasteiger partial charge in [-0.05, 0) is 60.4 Å². The molecular weight excluding hydrogens is 452 g/mol. The SMILES string of the molecule is Cc1cc2c(cc1C)-n1c(-c3ccccc3)c3c(=O)n(C)c(=O)n(C)c3c1[C@@H](c1ccc(O)cc1)N2. The third kappa shape index (κ3) is 2.99. The number of phenolic OH excluding ortho intramolecular Hbond substituents is 1. The lowest BCUT2D eigenvalue weighted by Gasteiger charge is -2.32. The molecule has 7 nitrogen and oxygen atoms in total. The average molecular weight is 479 g/mol. The molecule has 1 aliphatic rings. The maximum Gasteiger partial charge on any atom is 0.331 e. The molecule has 0 bridgehead atoms. The molecule has 0 aliphatic carbocycles. The van der Waals surface area contributed by atoms with E-state index in [-0.39, 0.29) is 23.0 Å². The van der Waals surface area contributed by atoms with E-state index in [2.05, 4.69) is 35.9 Å². The molecule has 0 amide bonds. The summed E-state index contributed by atoms with van der Waals surface area (Å²) >= 11 is 0. The average Bonchev–Trinajstić information content (AvgIpc) is 3.24. The van der Waals surface area contributed by atoms with Crippen LogP contribution in [0.25, 0.3) is 27.8 Å². The fourth-order valence-electron chi connectivity index (χ4n) is 5.31. The predicted molar refractivity (Wildman–Crippen MR) is 142 cm³/mol. The van der Waals surface area contributed by atoms with Crippen LogP contribution in [0.2, 0.25) is 0 Å². The summed E-state index contributed by atoms with van der Waals surface area (Å²) in [5.74, 6) is 0.174. The topological polar surface area (TPSA) is 81.2 Å². The van der Waals surface area contributed by atoms with Gasteiger partial charge in [0.1, 0.15) is 5.75 Å². The second kappa shape index (κ2) is 7.75. The summed E-state index contributed by atoms with van der Waals surface area (Å²) in [6.07, 6.45) is 0. The molecule has 7 heteroatoms. The van der Waals surface area contributed by atoms with Crippen molar-refractivity contribution in [3.05, 3.63) is 110 Å². The smallest absolute Gasteiger partial charge is 0.331 e. The monoisotopic (exact) mass is 478 g/mol. The van der Waals surface area contributed by atoms with Crippen molar-refractivity contribution in [1.82, 2.24) is 13.7 Å². The van der Waals surface area contributed by atoms with E-state index in [0.717, 1.165) is 45.0 Å². The highest BCUT2D eigenvalue weighted by atomic mass is 16.3. The summed E-state index contributed by atoms with van der Waals surface area (Å²) in [4.78, 5) is 26.8. The number of aromatic nitrogens is 3. The Kier molecular flexibility index (Phi) is 4.73. The van der Waals surface area contributed by atoms with Crippen molar-refractivity contribution < 1.29 is 5.11 Å². The van der Waals surface area contributed by atoms with E-state index in [1.54, 1.807) is 23.7 Å². The number of anilines is 1. The van der Waals surface area contributed by atoms with Gasteiger partial charge in [0.15, 0.2) is 0 Å². The van der Waals surface area contributed by atoms with Crippen molar-refractivity contribution in [1.29, 1.82) is 0 Å². The Morgan fingerprint density at radius 1 is 0.861 bits per heavy atom. The van der Waals surface area contributed by atoms with E-state index in [0.29, 0.717) is 10.9 Å². The van der Waals surface area contributed by atoms with E-state index in [1.165, 1.54) is 11.6 Å². The molecule has 0 saturated heterocycles. The quantitative estimate of drug-likeness (QED) is 0.391. The predicted octanol–water partition coefficient (Wildman–Crippen LogP) is 4.53. The summed E-state index contributed by atoms with van der Waals surface area (Å²) < 4.78 is 4.87. The third-order valence-electron chi connectivity index (χ3n) is 7.31. The van der Waals surface area contributed by atoms with Crippen LogP contribution in [0, 0.1) is 13.8 Å². The summed E-state index contributed by atoms with van der Waals surface area (Å²) in [7, 11) is 3.23. The number of hydrogen-bond acceptors (Lipinski definition) is 4. The van der Waals surface area contributed by atoms with Crippen molar-refractivity contribution in [3.8, 4) is 22.7 Å². The van der Waals surface area contributed by atoms with Crippen LogP contribution >= 0.6 is 0 Å². The number of fused-ring (bicyclic) bond motifs is 5. The number of aromatic hydroxyl groups is 1. The molecule has 5 aromatic rings. The molecular formula is C29H26N4O3. The van der Waals surface area contributed by atoms with Gasteiger partial charge in [-0.3, -0.25) is 13.9 Å². The van der Waals surface area contributed by atoms with Gasteiger partial charge in [0.25, 0.3) is 5.56 Å². The fourth-order valence-corrected chi connectivity index (χ4v) is 5.31. The van der Waals surface area contributed by atoms with Crippen LogP contribution in [0.5, 0.6) is 5.75 Å². The van der Waals surface area contributed by atoms with Gasteiger partial charge in [0.05, 0.1) is 39.7 Å². The van der Waals surface area contributed by atoms with Gasteiger partial charge in [0, 0.05) is 14.1 Å². The minimum Gasteiger partial charge on any atom is -0.508 e. The van der Waals surface area contributed by atoms with Crippen molar-refractivity contribution >= 4 is 16.6 Å². The highest BCUT2D eigenvalue weighted by molar-refractivity contribution is 5.99. The first-order chi connectivity index (χ1) is 17.3. The van der Waals surface area contributed by atoms with Gasteiger partial charge in [-0.15, -0.1) is 0 Å². The maximum atomic E-state index is 13.7. The number of aryl methyl sites for hydroxylation is 3. The van der Waals surface area contributed by atoms with Crippen molar-refractivity contribution in [2.45, 2.75) is 19.9 Å². The lowest BCUT2D eigenvalue weighted by Crippen LogP contribution is -2.37. The fraction of sp³-hybridized carbons (Fsp3) is 0.172. The Hall–Kier alpha value is -4.52. The molecule has 1 aliphatic heterocycles. The second-order valence-corrected chi connectivity index (χ2v) is 9.49. The molecule has 6 rings (SSSR count). The van der Waals surface area contributed by atoms with Gasteiger partial charge in [-0.1, -0.05) is 42.5 Å². The molecule has 0 radical (unpaired) electrons. The van der Waals surface area contributed by atoms with E-state index in [4.69, 9.17) is 0 Å². The Morgan fingerprint density at radius 2 is 1.53 bits per heavy atom. The van der Waals surface area contributed by atoms with Crippen LogP contribution in [-0.4, -0.2) is 18.8 Å². The largest absolute Gasteiger partial charge is 0.508 e. The number of nitrogens with zero attached hydrogens (tertiary/aromatic N) is 3. The normalized spacial score (nSPS) is 14.4. The van der Waals surface area contributed by atoms with Gasteiger partial charge >= 0.3 is 5.69 Å². The maximum absolute atomic E-state index is 13.7. The van der Waals surface area contributed by atoms with Crippen LogP contribution in [0.1, 0.15) is 28.4 Å². The number of benzene rings is 3. The van der Waals surface area contributed by atoms with Crippen LogP contribution in [0.4, 0.5) is 5.69 Å². The summed E-state index contributed by atoms with van der Waals surface area (Å²) in [5.41, 5.74) is 7.38. The van der Waals surface area contributed by atoms with E-state index < -0.39 is 0 Å². The lowest BCUT2D eigenvalue weighted by molar-refractivity contribution is 0.475. The Bertz CT molecular complexity index is 1790. The second-order valence-electron chi connectivity index (χ2n) is 9.49. The number of phenols is 1. The molecule has 0 fully saturated rings. The number of hydrogen-bond donors (Lipinski definition) is 2.